The number of amides is 1. The van der Waals surface area contributed by atoms with Crippen molar-refractivity contribution in [2.75, 3.05) is 6.16 Å². The van der Waals surface area contributed by atoms with Crippen molar-refractivity contribution in [3.63, 3.8) is 0 Å². The highest BCUT2D eigenvalue weighted by molar-refractivity contribution is 7.51. The van der Waals surface area contributed by atoms with Gasteiger partial charge in [-0.05, 0) is 17.9 Å². The fourth-order valence-corrected chi connectivity index (χ4v) is 2.91. The third-order valence-corrected chi connectivity index (χ3v) is 3.70. The Morgan fingerprint density at radius 3 is 2.35 bits per heavy atom. The summed E-state index contributed by atoms with van der Waals surface area (Å²) in [6.45, 7) is 3.91. The maximum atomic E-state index is 11.9. The van der Waals surface area contributed by atoms with E-state index in [9.17, 15) is 9.36 Å². The van der Waals surface area contributed by atoms with Crippen molar-refractivity contribution in [3.8, 4) is 0 Å². The number of benzene rings is 1. The standard InChI is InChI=1S/C14H22NO4P/c1-11(2)8-13(10-20(17,18)19)15-14(16)9-12-6-4-3-5-7-12/h3-7,11,13H,8-10H2,1-2H3,(H,15,16)(H2,17,18,19). The molecule has 6 heteroatoms. The van der Waals surface area contributed by atoms with E-state index in [2.05, 4.69) is 5.32 Å². The van der Waals surface area contributed by atoms with E-state index in [-0.39, 0.29) is 24.4 Å². The summed E-state index contributed by atoms with van der Waals surface area (Å²) in [7, 11) is -4.13. The summed E-state index contributed by atoms with van der Waals surface area (Å²) in [4.78, 5) is 30.1. The summed E-state index contributed by atoms with van der Waals surface area (Å²) in [6, 6.07) is 8.77. The number of rotatable bonds is 7. The number of hydrogen-bond donors (Lipinski definition) is 3. The van der Waals surface area contributed by atoms with Crippen molar-refractivity contribution in [3.05, 3.63) is 35.9 Å². The minimum atomic E-state index is -4.13. The third kappa shape index (κ3) is 7.43. The largest absolute Gasteiger partial charge is 0.352 e. The van der Waals surface area contributed by atoms with Crippen molar-refractivity contribution < 1.29 is 19.1 Å². The molecule has 3 N–H and O–H groups in total. The SMILES string of the molecule is CC(C)CC(CP(=O)(O)O)NC(=O)Cc1ccccc1. The highest BCUT2D eigenvalue weighted by Crippen LogP contribution is 2.36. The Bertz CT molecular complexity index is 469. The van der Waals surface area contributed by atoms with Crippen LogP contribution in [0.3, 0.4) is 0 Å². The van der Waals surface area contributed by atoms with Crippen molar-refractivity contribution in [1.29, 1.82) is 0 Å². The molecule has 0 radical (unpaired) electrons. The highest BCUT2D eigenvalue weighted by Gasteiger charge is 2.23. The van der Waals surface area contributed by atoms with Gasteiger partial charge in [-0.25, -0.2) is 0 Å². The van der Waals surface area contributed by atoms with Gasteiger partial charge in [0.15, 0.2) is 0 Å². The number of carbonyl (C=O) groups is 1. The van der Waals surface area contributed by atoms with Gasteiger partial charge in [0.1, 0.15) is 0 Å². The molecule has 1 atom stereocenters. The first-order valence-electron chi connectivity index (χ1n) is 6.64. The molecule has 112 valence electrons. The predicted octanol–water partition coefficient (Wildman–Crippen LogP) is 1.94. The van der Waals surface area contributed by atoms with E-state index >= 15 is 0 Å². The Kier molecular flexibility index (Phi) is 6.40. The van der Waals surface area contributed by atoms with Gasteiger partial charge >= 0.3 is 7.60 Å². The van der Waals surface area contributed by atoms with E-state index in [4.69, 9.17) is 9.79 Å². The first kappa shape index (κ1) is 16.9. The Labute approximate surface area is 119 Å². The van der Waals surface area contributed by atoms with Crippen LogP contribution in [0.5, 0.6) is 0 Å². The Balaban J connectivity index is 2.59. The Morgan fingerprint density at radius 1 is 1.25 bits per heavy atom. The van der Waals surface area contributed by atoms with Crippen molar-refractivity contribution >= 4 is 13.5 Å². The molecule has 0 aromatic heterocycles. The van der Waals surface area contributed by atoms with Gasteiger partial charge in [-0.1, -0.05) is 44.2 Å². The molecule has 1 aromatic rings. The first-order chi connectivity index (χ1) is 9.26. The smallest absolute Gasteiger partial charge is 0.327 e. The lowest BCUT2D eigenvalue weighted by Crippen LogP contribution is -2.39. The van der Waals surface area contributed by atoms with E-state index in [0.29, 0.717) is 6.42 Å². The zero-order valence-electron chi connectivity index (χ0n) is 11.8. The van der Waals surface area contributed by atoms with E-state index in [1.807, 2.05) is 44.2 Å². The molecule has 0 fully saturated rings. The highest BCUT2D eigenvalue weighted by atomic mass is 31.2. The summed E-state index contributed by atoms with van der Waals surface area (Å²) in [5.41, 5.74) is 0.879. The van der Waals surface area contributed by atoms with Crippen LogP contribution in [0.25, 0.3) is 0 Å². The average molecular weight is 299 g/mol. The minimum Gasteiger partial charge on any atom is -0.352 e. The van der Waals surface area contributed by atoms with Crippen molar-refractivity contribution in [2.24, 2.45) is 5.92 Å². The Morgan fingerprint density at radius 2 is 1.85 bits per heavy atom. The van der Waals surface area contributed by atoms with Gasteiger partial charge in [0.05, 0.1) is 12.6 Å². The third-order valence-electron chi connectivity index (χ3n) is 2.79. The van der Waals surface area contributed by atoms with Crippen LogP contribution in [0.1, 0.15) is 25.8 Å². The number of carbonyl (C=O) groups excluding carboxylic acids is 1. The molecule has 1 unspecified atom stereocenters. The molecule has 1 aromatic carbocycles. The molecule has 0 spiro atoms. The zero-order chi connectivity index (χ0) is 15.2. The number of hydrogen-bond acceptors (Lipinski definition) is 2. The van der Waals surface area contributed by atoms with Gasteiger partial charge in [-0.2, -0.15) is 0 Å². The lowest BCUT2D eigenvalue weighted by Gasteiger charge is -2.21. The topological polar surface area (TPSA) is 86.6 Å². The van der Waals surface area contributed by atoms with Gasteiger partial charge in [0, 0.05) is 6.04 Å². The summed E-state index contributed by atoms with van der Waals surface area (Å²) in [5, 5.41) is 2.72. The molecular weight excluding hydrogens is 277 g/mol. The molecule has 0 bridgehead atoms. The predicted molar refractivity (Wildman–Crippen MR) is 78.4 cm³/mol. The molecule has 1 rings (SSSR count). The van der Waals surface area contributed by atoms with Crippen LogP contribution in [0.2, 0.25) is 0 Å². The Hall–Kier alpha value is -1.16. The van der Waals surface area contributed by atoms with Gasteiger partial charge in [-0.15, -0.1) is 0 Å². The van der Waals surface area contributed by atoms with E-state index in [1.165, 1.54) is 0 Å². The number of nitrogens with one attached hydrogen (secondary N) is 1. The summed E-state index contributed by atoms with van der Waals surface area (Å²) < 4.78 is 11.1. The molecule has 0 saturated carbocycles. The van der Waals surface area contributed by atoms with Crippen LogP contribution in [0, 0.1) is 5.92 Å². The van der Waals surface area contributed by atoms with Crippen LogP contribution < -0.4 is 5.32 Å². The molecule has 20 heavy (non-hydrogen) atoms. The van der Waals surface area contributed by atoms with E-state index < -0.39 is 13.6 Å². The summed E-state index contributed by atoms with van der Waals surface area (Å²) in [5.74, 6) is 0.0406. The molecule has 0 aliphatic heterocycles. The monoisotopic (exact) mass is 299 g/mol. The summed E-state index contributed by atoms with van der Waals surface area (Å²) >= 11 is 0. The average Bonchev–Trinajstić information content (AvgIpc) is 2.26. The normalized spacial score (nSPS) is 13.2. The second-order valence-corrected chi connectivity index (χ2v) is 7.10. The van der Waals surface area contributed by atoms with Crippen LogP contribution in [-0.2, 0) is 15.8 Å². The lowest BCUT2D eigenvalue weighted by atomic mass is 10.0. The molecular formula is C14H22NO4P. The molecule has 0 aliphatic carbocycles. The molecule has 0 heterocycles. The van der Waals surface area contributed by atoms with E-state index in [0.717, 1.165) is 5.56 Å². The van der Waals surface area contributed by atoms with Crippen LogP contribution in [0.4, 0.5) is 0 Å². The fourth-order valence-electron chi connectivity index (χ4n) is 2.10. The minimum absolute atomic E-state index is 0.213. The first-order valence-corrected chi connectivity index (χ1v) is 8.44. The van der Waals surface area contributed by atoms with Gasteiger partial charge in [0.25, 0.3) is 0 Å². The molecule has 1 amide bonds. The lowest BCUT2D eigenvalue weighted by molar-refractivity contribution is -0.121. The van der Waals surface area contributed by atoms with Crippen molar-refractivity contribution in [1.82, 2.24) is 5.32 Å². The molecule has 0 aliphatic rings. The second-order valence-electron chi connectivity index (χ2n) is 5.40. The van der Waals surface area contributed by atoms with Crippen LogP contribution in [0.15, 0.2) is 30.3 Å². The maximum absolute atomic E-state index is 11.9. The summed E-state index contributed by atoms with van der Waals surface area (Å²) in [6.07, 6.45) is 0.452. The second kappa shape index (κ2) is 7.58. The van der Waals surface area contributed by atoms with Gasteiger partial charge in [-0.3, -0.25) is 9.36 Å². The fraction of sp³-hybridized carbons (Fsp3) is 0.500. The quantitative estimate of drug-likeness (QED) is 0.672. The van der Waals surface area contributed by atoms with Gasteiger partial charge < -0.3 is 15.1 Å². The van der Waals surface area contributed by atoms with E-state index in [1.54, 1.807) is 0 Å². The van der Waals surface area contributed by atoms with Crippen molar-refractivity contribution in [2.45, 2.75) is 32.7 Å². The van der Waals surface area contributed by atoms with Crippen LogP contribution in [-0.4, -0.2) is 27.9 Å². The maximum Gasteiger partial charge on any atom is 0.327 e. The van der Waals surface area contributed by atoms with Gasteiger partial charge in [0.2, 0.25) is 5.91 Å². The molecule has 5 nitrogen and oxygen atoms in total. The van der Waals surface area contributed by atoms with Crippen LogP contribution >= 0.6 is 7.60 Å². The zero-order valence-corrected chi connectivity index (χ0v) is 12.7. The molecule has 0 saturated heterocycles.